The number of fused-ring (bicyclic) bond motifs is 9. The molecule has 0 spiro atoms. The van der Waals surface area contributed by atoms with Crippen LogP contribution in [-0.2, 0) is 27.1 Å². The van der Waals surface area contributed by atoms with Crippen LogP contribution in [0.1, 0.15) is 162 Å². The van der Waals surface area contributed by atoms with Crippen molar-refractivity contribution < 1.29 is 0 Å². The highest BCUT2D eigenvalue weighted by molar-refractivity contribution is 7.26. The van der Waals surface area contributed by atoms with Gasteiger partial charge in [-0.1, -0.05) is 157 Å². The van der Waals surface area contributed by atoms with Gasteiger partial charge in [0.1, 0.15) is 0 Å². The van der Waals surface area contributed by atoms with Gasteiger partial charge in [0, 0.05) is 49.9 Å². The van der Waals surface area contributed by atoms with E-state index in [1.807, 2.05) is 11.3 Å². The Kier molecular flexibility index (Phi) is 10.1. The molecule has 354 valence electrons. The number of rotatable bonds is 3. The van der Waals surface area contributed by atoms with Gasteiger partial charge in [-0.05, 0) is 171 Å². The average Bonchev–Trinajstić information content (AvgIpc) is 3.74. The molecule has 0 radical (unpaired) electrons. The fraction of sp³-hybridized carbons (Fsp3) is 0.406. The van der Waals surface area contributed by atoms with Crippen LogP contribution in [0.2, 0.25) is 0 Å². The quantitative estimate of drug-likeness (QED) is 0.164. The predicted molar refractivity (Wildman–Crippen MR) is 303 cm³/mol. The number of benzene rings is 6. The molecule has 2 atom stereocenters. The molecule has 69 heavy (non-hydrogen) atoms. The molecule has 0 N–H and O–H groups in total. The Morgan fingerprint density at radius 2 is 1.01 bits per heavy atom. The average molecular weight is 928 g/mol. The van der Waals surface area contributed by atoms with E-state index in [1.165, 1.54) is 124 Å². The maximum atomic E-state index is 2.84. The molecule has 7 aromatic rings. The van der Waals surface area contributed by atoms with Gasteiger partial charge in [0.25, 0.3) is 6.71 Å². The van der Waals surface area contributed by atoms with E-state index >= 15 is 0 Å². The normalized spacial score (nSPS) is 19.9. The van der Waals surface area contributed by atoms with Crippen molar-refractivity contribution in [1.29, 1.82) is 0 Å². The lowest BCUT2D eigenvalue weighted by molar-refractivity contribution is 0.194. The largest absolute Gasteiger partial charge is 0.334 e. The van der Waals surface area contributed by atoms with E-state index in [0.29, 0.717) is 0 Å². The number of aryl methyl sites for hydroxylation is 2. The summed E-state index contributed by atoms with van der Waals surface area (Å²) >= 11 is 1.98. The van der Waals surface area contributed by atoms with Crippen LogP contribution < -0.4 is 31.1 Å². The highest BCUT2D eigenvalue weighted by Gasteiger charge is 2.59. The summed E-state index contributed by atoms with van der Waals surface area (Å²) in [6, 6.07) is 44.1. The summed E-state index contributed by atoms with van der Waals surface area (Å²) in [4.78, 5) is 8.17. The number of anilines is 8. The highest BCUT2D eigenvalue weighted by atomic mass is 32.1. The number of nitrogens with zero attached hydrogens (tertiary/aromatic N) is 3. The second-order valence-corrected chi connectivity index (χ2v) is 27.1. The summed E-state index contributed by atoms with van der Waals surface area (Å²) in [5, 5.41) is 2.71. The Bertz CT molecular complexity index is 3220. The van der Waals surface area contributed by atoms with Crippen LogP contribution in [0.3, 0.4) is 0 Å². The highest BCUT2D eigenvalue weighted by Crippen LogP contribution is 2.63. The zero-order chi connectivity index (χ0) is 49.1. The maximum absolute atomic E-state index is 2.84. The van der Waals surface area contributed by atoms with Gasteiger partial charge in [0.05, 0.1) is 10.5 Å². The van der Waals surface area contributed by atoms with E-state index in [4.69, 9.17) is 0 Å². The SMILES string of the molecule is Cc1cc(C)c2c(c1)N(c1cc3c4c(c1)N(c1ccc(C(C)(C)C)cc1)c1sc5ccc(C(C)(C)C)cc5c1B4c1cc(C(C)(C)C)ccc1N3c1ccc(C(C)(C)C)cc1)C1(C)CCCCC21C. The summed E-state index contributed by atoms with van der Waals surface area (Å²) < 4.78 is 1.34. The van der Waals surface area contributed by atoms with Gasteiger partial charge in [-0.15, -0.1) is 11.3 Å². The maximum Gasteiger partial charge on any atom is 0.254 e. The predicted octanol–water partition coefficient (Wildman–Crippen LogP) is 16.5. The van der Waals surface area contributed by atoms with Crippen LogP contribution in [0.5, 0.6) is 0 Å². The first-order valence-corrected chi connectivity index (χ1v) is 26.7. The van der Waals surface area contributed by atoms with Crippen molar-refractivity contribution in [3.63, 3.8) is 0 Å². The Balaban J connectivity index is 1.30. The molecule has 2 unspecified atom stereocenters. The standard InChI is InChI=1S/C64H74BN3S/c1-39-33-40(2)55-51(34-39)68(64(16)32-18-17-31-63(55,64)15)47-37-52-57-53(38-47)67(46-27-21-42(22-28-46)60(6,7)8)58-56(48-35-43(61(9,10)11)24-30-54(48)69-58)65(57)49-36-44(62(12,13)14)23-29-50(49)66(52)45-25-19-41(20-26-45)59(3,4)5/h19-30,33-38H,17-18,31-32H2,1-16H3. The molecular formula is C64H74BN3S. The third-order valence-electron chi connectivity index (χ3n) is 17.2. The topological polar surface area (TPSA) is 9.72 Å². The Morgan fingerprint density at radius 3 is 1.61 bits per heavy atom. The third-order valence-corrected chi connectivity index (χ3v) is 18.3. The van der Waals surface area contributed by atoms with Gasteiger partial charge in [-0.3, -0.25) is 0 Å². The smallest absolute Gasteiger partial charge is 0.254 e. The molecule has 1 saturated carbocycles. The first kappa shape index (κ1) is 46.1. The zero-order valence-electron chi connectivity index (χ0n) is 44.5. The van der Waals surface area contributed by atoms with E-state index in [-0.39, 0.29) is 39.3 Å². The van der Waals surface area contributed by atoms with Crippen LogP contribution in [0.25, 0.3) is 10.1 Å². The van der Waals surface area contributed by atoms with Gasteiger partial charge in [-0.25, -0.2) is 0 Å². The second kappa shape index (κ2) is 15.1. The summed E-state index contributed by atoms with van der Waals surface area (Å²) in [6.07, 6.45) is 4.84. The summed E-state index contributed by atoms with van der Waals surface area (Å²) in [5.74, 6) is 0. The van der Waals surface area contributed by atoms with Crippen molar-refractivity contribution in [3.8, 4) is 0 Å². The first-order chi connectivity index (χ1) is 32.3. The van der Waals surface area contributed by atoms with Crippen LogP contribution in [0.4, 0.5) is 44.8 Å². The van der Waals surface area contributed by atoms with Gasteiger partial charge >= 0.3 is 0 Å². The molecule has 0 saturated heterocycles. The lowest BCUT2D eigenvalue weighted by Crippen LogP contribution is -2.61. The Morgan fingerprint density at radius 1 is 0.493 bits per heavy atom. The molecule has 0 bridgehead atoms. The minimum atomic E-state index is -0.111. The summed E-state index contributed by atoms with van der Waals surface area (Å²) in [6.45, 7) is 38.0. The first-order valence-electron chi connectivity index (χ1n) is 25.9. The molecule has 4 heterocycles. The van der Waals surface area contributed by atoms with Crippen molar-refractivity contribution in [3.05, 3.63) is 148 Å². The Labute approximate surface area is 419 Å². The molecule has 1 aliphatic carbocycles. The minimum Gasteiger partial charge on any atom is -0.334 e. The summed E-state index contributed by atoms with van der Waals surface area (Å²) in [5.41, 5.74) is 22.8. The monoisotopic (exact) mass is 928 g/mol. The van der Waals surface area contributed by atoms with Gasteiger partial charge < -0.3 is 14.7 Å². The number of thiophene rings is 1. The van der Waals surface area contributed by atoms with Crippen molar-refractivity contribution in [2.75, 3.05) is 14.7 Å². The van der Waals surface area contributed by atoms with E-state index in [0.717, 1.165) is 6.42 Å². The molecule has 11 rings (SSSR count). The molecule has 6 aromatic carbocycles. The molecule has 3 aliphatic heterocycles. The second-order valence-electron chi connectivity index (χ2n) is 26.0. The molecule has 3 nitrogen and oxygen atoms in total. The van der Waals surface area contributed by atoms with Crippen molar-refractivity contribution in [1.82, 2.24) is 0 Å². The molecule has 1 aromatic heterocycles. The molecule has 5 heteroatoms. The van der Waals surface area contributed by atoms with Crippen molar-refractivity contribution in [2.24, 2.45) is 0 Å². The molecule has 1 fully saturated rings. The lowest BCUT2D eigenvalue weighted by atomic mass is 9.33. The number of hydrogen-bond donors (Lipinski definition) is 0. The van der Waals surface area contributed by atoms with Crippen LogP contribution in [0, 0.1) is 13.8 Å². The van der Waals surface area contributed by atoms with Crippen LogP contribution in [-0.4, -0.2) is 12.3 Å². The lowest BCUT2D eigenvalue weighted by Gasteiger charge is -2.51. The molecule has 0 amide bonds. The van der Waals surface area contributed by atoms with Crippen molar-refractivity contribution >= 4 is 89.3 Å². The number of hydrogen-bond acceptors (Lipinski definition) is 4. The third kappa shape index (κ3) is 6.93. The van der Waals surface area contributed by atoms with Gasteiger partial charge in [0.15, 0.2) is 0 Å². The zero-order valence-corrected chi connectivity index (χ0v) is 45.4. The fourth-order valence-electron chi connectivity index (χ4n) is 13.1. The van der Waals surface area contributed by atoms with E-state index in [1.54, 1.807) is 5.56 Å². The fourth-order valence-corrected chi connectivity index (χ4v) is 14.4. The Hall–Kier alpha value is -5.26. The van der Waals surface area contributed by atoms with Gasteiger partial charge in [0.2, 0.25) is 0 Å². The van der Waals surface area contributed by atoms with Gasteiger partial charge in [-0.2, -0.15) is 0 Å². The van der Waals surface area contributed by atoms with E-state index < -0.39 is 0 Å². The van der Waals surface area contributed by atoms with Crippen molar-refractivity contribution in [2.45, 2.75) is 169 Å². The molecule has 4 aliphatic rings. The summed E-state index contributed by atoms with van der Waals surface area (Å²) in [7, 11) is 0. The van der Waals surface area contributed by atoms with E-state index in [2.05, 4.69) is 235 Å². The van der Waals surface area contributed by atoms with Crippen LogP contribution >= 0.6 is 11.3 Å². The van der Waals surface area contributed by atoms with E-state index in [9.17, 15) is 0 Å². The minimum absolute atomic E-state index is 0.00443. The van der Waals surface area contributed by atoms with Crippen LogP contribution in [0.15, 0.2) is 109 Å². The molecular weight excluding hydrogens is 854 g/mol.